The van der Waals surface area contributed by atoms with E-state index in [1.54, 1.807) is 0 Å². The van der Waals surface area contributed by atoms with Crippen molar-refractivity contribution in [1.29, 1.82) is 0 Å². The van der Waals surface area contributed by atoms with Crippen LogP contribution in [-0.2, 0) is 4.53 Å². The lowest BCUT2D eigenvalue weighted by atomic mass is 10.0. The molecule has 0 saturated carbocycles. The highest BCUT2D eigenvalue weighted by Crippen LogP contribution is 2.36. The van der Waals surface area contributed by atoms with E-state index in [4.69, 9.17) is 4.53 Å². The summed E-state index contributed by atoms with van der Waals surface area (Å²) in [6.07, 6.45) is 21.3. The topological polar surface area (TPSA) is 21.6 Å². The first kappa shape index (κ1) is 24.7. The molecule has 0 aliphatic rings. The predicted molar refractivity (Wildman–Crippen MR) is 117 cm³/mol. The van der Waals surface area contributed by atoms with E-state index >= 15 is 0 Å². The summed E-state index contributed by atoms with van der Waals surface area (Å²) in [4.78, 5) is 0. The minimum absolute atomic E-state index is 0.236. The first-order valence-corrected chi connectivity index (χ1v) is 13.9. The zero-order chi connectivity index (χ0) is 19.0. The molecule has 0 aliphatic heterocycles. The van der Waals surface area contributed by atoms with Crippen LogP contribution in [0.3, 0.4) is 0 Å². The van der Waals surface area contributed by atoms with Gasteiger partial charge < -0.3 is 4.53 Å². The number of unbranched alkanes of at least 4 members (excludes halogenated alkanes) is 13. The van der Waals surface area contributed by atoms with Crippen LogP contribution in [0, 0.1) is 0 Å². The monoisotopic (exact) mass is 369 g/mol. The minimum Gasteiger partial charge on any atom is -0.455 e. The van der Waals surface area contributed by atoms with Crippen molar-refractivity contribution in [3.8, 4) is 0 Å². The summed E-state index contributed by atoms with van der Waals surface area (Å²) >= 11 is 0. The van der Waals surface area contributed by atoms with Crippen molar-refractivity contribution in [2.24, 2.45) is 5.16 Å². The third-order valence-corrected chi connectivity index (χ3v) is 9.77. The van der Waals surface area contributed by atoms with Crippen molar-refractivity contribution in [3.05, 3.63) is 0 Å². The smallest absolute Gasteiger partial charge is 0.286 e. The van der Waals surface area contributed by atoms with E-state index in [9.17, 15) is 0 Å². The van der Waals surface area contributed by atoms with Crippen molar-refractivity contribution in [2.75, 3.05) is 0 Å². The Hall–Kier alpha value is -0.313. The van der Waals surface area contributed by atoms with E-state index in [-0.39, 0.29) is 5.04 Å². The van der Waals surface area contributed by atoms with Gasteiger partial charge in [0.1, 0.15) is 0 Å². The molecule has 0 unspecified atom stereocenters. The average Bonchev–Trinajstić information content (AvgIpc) is 2.53. The van der Waals surface area contributed by atoms with Crippen molar-refractivity contribution in [2.45, 2.75) is 136 Å². The summed E-state index contributed by atoms with van der Waals surface area (Å²) in [6.45, 7) is 13.5. The Kier molecular flexibility index (Phi) is 14.6. The van der Waals surface area contributed by atoms with Crippen molar-refractivity contribution < 1.29 is 4.53 Å². The first-order valence-electron chi connectivity index (χ1n) is 11.0. The lowest BCUT2D eigenvalue weighted by molar-refractivity contribution is 0.309. The molecule has 0 heterocycles. The molecule has 3 heteroatoms. The SMILES string of the molecule is CCCCCCCCCCCCCCCC=NO[Si](C)(C)C(C)(C)C. The van der Waals surface area contributed by atoms with Crippen LogP contribution < -0.4 is 0 Å². The van der Waals surface area contributed by atoms with Gasteiger partial charge in [-0.2, -0.15) is 0 Å². The summed E-state index contributed by atoms with van der Waals surface area (Å²) in [6, 6.07) is 0. The summed E-state index contributed by atoms with van der Waals surface area (Å²) in [5.74, 6) is 0. The maximum Gasteiger partial charge on any atom is 0.286 e. The molecule has 0 amide bonds. The van der Waals surface area contributed by atoms with Gasteiger partial charge in [-0.3, -0.25) is 0 Å². The number of hydrogen-bond donors (Lipinski definition) is 0. The molecule has 0 fully saturated rings. The van der Waals surface area contributed by atoms with Gasteiger partial charge in [-0.15, -0.1) is 5.16 Å². The fourth-order valence-corrected chi connectivity index (χ4v) is 3.22. The van der Waals surface area contributed by atoms with Crippen LogP contribution in [-0.4, -0.2) is 14.5 Å². The molecule has 0 aromatic rings. The molecular weight excluding hydrogens is 322 g/mol. The second kappa shape index (κ2) is 14.8. The van der Waals surface area contributed by atoms with Gasteiger partial charge in [0.05, 0.1) is 0 Å². The van der Waals surface area contributed by atoms with Gasteiger partial charge in [-0.1, -0.05) is 105 Å². The highest BCUT2D eigenvalue weighted by atomic mass is 28.4. The first-order chi connectivity index (χ1) is 11.8. The Morgan fingerprint density at radius 2 is 1.12 bits per heavy atom. The quantitative estimate of drug-likeness (QED) is 0.116. The molecule has 0 spiro atoms. The second-order valence-corrected chi connectivity index (χ2v) is 13.9. The third-order valence-electron chi connectivity index (χ3n) is 5.60. The maximum absolute atomic E-state index is 5.82. The van der Waals surface area contributed by atoms with Crippen LogP contribution in [0.15, 0.2) is 5.16 Å². The Balaban J connectivity index is 3.33. The van der Waals surface area contributed by atoms with Crippen LogP contribution >= 0.6 is 0 Å². The predicted octanol–water partition coefficient (Wildman–Crippen LogP) is 8.48. The van der Waals surface area contributed by atoms with Crippen LogP contribution in [0.25, 0.3) is 0 Å². The average molecular weight is 370 g/mol. The number of nitrogens with zero attached hydrogens (tertiary/aromatic N) is 1. The fourth-order valence-electron chi connectivity index (χ4n) is 2.61. The summed E-state index contributed by atoms with van der Waals surface area (Å²) < 4.78 is 5.82. The molecule has 150 valence electrons. The molecule has 0 N–H and O–H groups in total. The molecule has 0 aromatic heterocycles. The lowest BCUT2D eigenvalue weighted by Crippen LogP contribution is -2.39. The summed E-state index contributed by atoms with van der Waals surface area (Å²) in [7, 11) is -1.71. The van der Waals surface area contributed by atoms with Crippen molar-refractivity contribution >= 4 is 14.5 Å². The molecule has 0 aromatic carbocycles. The number of hydrogen-bond acceptors (Lipinski definition) is 2. The normalized spacial score (nSPS) is 12.9. The van der Waals surface area contributed by atoms with E-state index < -0.39 is 8.32 Å². The second-order valence-electron chi connectivity index (χ2n) is 9.17. The molecule has 25 heavy (non-hydrogen) atoms. The summed E-state index contributed by atoms with van der Waals surface area (Å²) in [5.41, 5.74) is 0. The van der Waals surface area contributed by atoms with Gasteiger partial charge in [-0.25, -0.2) is 0 Å². The largest absolute Gasteiger partial charge is 0.455 e. The van der Waals surface area contributed by atoms with E-state index in [1.807, 2.05) is 6.21 Å². The van der Waals surface area contributed by atoms with E-state index in [0.717, 1.165) is 6.42 Å². The van der Waals surface area contributed by atoms with Gasteiger partial charge >= 0.3 is 0 Å². The molecule has 0 aliphatic carbocycles. The molecule has 0 bridgehead atoms. The van der Waals surface area contributed by atoms with Gasteiger partial charge in [-0.05, 0) is 31.0 Å². The van der Waals surface area contributed by atoms with Crippen LogP contribution in [0.1, 0.15) is 118 Å². The standard InChI is InChI=1S/C22H47NOSi/c1-7-8-9-10-11-12-13-14-15-16-17-18-19-20-21-23-24-25(5,6)22(2,3)4/h21H,7-20H2,1-6H3. The van der Waals surface area contributed by atoms with E-state index in [1.165, 1.54) is 83.5 Å². The Labute approximate surface area is 160 Å². The third kappa shape index (κ3) is 14.5. The van der Waals surface area contributed by atoms with Crippen LogP contribution in [0.2, 0.25) is 18.1 Å². The van der Waals surface area contributed by atoms with Crippen LogP contribution in [0.4, 0.5) is 0 Å². The number of oxime groups is 1. The zero-order valence-corrected chi connectivity index (χ0v) is 19.3. The highest BCUT2D eigenvalue weighted by Gasteiger charge is 2.39. The van der Waals surface area contributed by atoms with Crippen molar-refractivity contribution in [3.63, 3.8) is 0 Å². The molecule has 0 atom stereocenters. The molecule has 2 nitrogen and oxygen atoms in total. The zero-order valence-electron chi connectivity index (χ0n) is 18.3. The van der Waals surface area contributed by atoms with E-state index in [0.29, 0.717) is 0 Å². The Morgan fingerprint density at radius 1 is 0.720 bits per heavy atom. The number of rotatable bonds is 16. The summed E-state index contributed by atoms with van der Waals surface area (Å²) in [5, 5.41) is 4.48. The molecular formula is C22H47NOSi. The van der Waals surface area contributed by atoms with Gasteiger partial charge in [0.15, 0.2) is 0 Å². The molecule has 0 saturated heterocycles. The lowest BCUT2D eigenvalue weighted by Gasteiger charge is -2.33. The Bertz CT molecular complexity index is 320. The molecule has 0 rings (SSSR count). The minimum atomic E-state index is -1.71. The van der Waals surface area contributed by atoms with E-state index in [2.05, 4.69) is 45.9 Å². The van der Waals surface area contributed by atoms with Gasteiger partial charge in [0.2, 0.25) is 0 Å². The highest BCUT2D eigenvalue weighted by molar-refractivity contribution is 6.74. The molecule has 0 radical (unpaired) electrons. The van der Waals surface area contributed by atoms with Crippen LogP contribution in [0.5, 0.6) is 0 Å². The fraction of sp³-hybridized carbons (Fsp3) is 0.955. The van der Waals surface area contributed by atoms with Crippen molar-refractivity contribution in [1.82, 2.24) is 0 Å². The maximum atomic E-state index is 5.82. The Morgan fingerprint density at radius 3 is 1.52 bits per heavy atom. The van der Waals surface area contributed by atoms with Gasteiger partial charge in [0.25, 0.3) is 8.32 Å². The van der Waals surface area contributed by atoms with Gasteiger partial charge in [0, 0.05) is 6.21 Å².